The van der Waals surface area contributed by atoms with Crippen LogP contribution < -0.4 is 9.46 Å². The monoisotopic (exact) mass is 408 g/mol. The first-order valence-electron chi connectivity index (χ1n) is 8.39. The first-order valence-corrected chi connectivity index (χ1v) is 9.87. The lowest BCUT2D eigenvalue weighted by molar-refractivity contribution is -0.385. The number of benzene rings is 2. The van der Waals surface area contributed by atoms with E-state index in [1.807, 2.05) is 6.92 Å². The number of hydrogen-bond acceptors (Lipinski definition) is 7. The first kappa shape index (κ1) is 21.3. The fourth-order valence-electron chi connectivity index (χ4n) is 2.32. The molecule has 2 rings (SSSR count). The minimum Gasteiger partial charge on any atom is -0.494 e. The Hall–Kier alpha value is -2.98. The molecule has 0 saturated heterocycles. The van der Waals surface area contributed by atoms with Gasteiger partial charge in [-0.2, -0.15) is 4.72 Å². The van der Waals surface area contributed by atoms with Gasteiger partial charge in [0, 0.05) is 12.1 Å². The Kier molecular flexibility index (Phi) is 7.07. The zero-order valence-corrected chi connectivity index (χ0v) is 16.1. The number of esters is 1. The molecule has 1 atom stereocenters. The highest BCUT2D eigenvalue weighted by Crippen LogP contribution is 2.22. The van der Waals surface area contributed by atoms with E-state index in [0.717, 1.165) is 0 Å². The number of ether oxygens (including phenoxy) is 2. The van der Waals surface area contributed by atoms with Crippen molar-refractivity contribution in [3.8, 4) is 5.75 Å². The fourth-order valence-corrected chi connectivity index (χ4v) is 3.29. The van der Waals surface area contributed by atoms with Gasteiger partial charge in [-0.15, -0.1) is 0 Å². The van der Waals surface area contributed by atoms with Crippen LogP contribution in [0, 0.1) is 10.1 Å². The van der Waals surface area contributed by atoms with Gasteiger partial charge in [-0.1, -0.05) is 12.1 Å². The summed E-state index contributed by atoms with van der Waals surface area (Å²) in [5.41, 5.74) is 0.300. The smallest absolute Gasteiger partial charge is 0.321 e. The normalized spacial score (nSPS) is 12.2. The first-order chi connectivity index (χ1) is 13.2. The van der Waals surface area contributed by atoms with E-state index in [9.17, 15) is 23.3 Å². The summed E-state index contributed by atoms with van der Waals surface area (Å²) in [4.78, 5) is 22.2. The average molecular weight is 408 g/mol. The lowest BCUT2D eigenvalue weighted by Crippen LogP contribution is -2.31. The van der Waals surface area contributed by atoms with Crippen LogP contribution in [-0.4, -0.2) is 32.5 Å². The number of nitrogens with one attached hydrogen (secondary N) is 1. The molecule has 0 unspecified atom stereocenters. The van der Waals surface area contributed by atoms with E-state index in [2.05, 4.69) is 4.72 Å². The molecule has 0 aromatic heterocycles. The second-order valence-corrected chi connectivity index (χ2v) is 7.48. The number of carbonyl (C=O) groups is 1. The Morgan fingerprint density at radius 2 is 1.89 bits per heavy atom. The minimum absolute atomic E-state index is 0.0181. The summed E-state index contributed by atoms with van der Waals surface area (Å²) >= 11 is 0. The third kappa shape index (κ3) is 5.76. The zero-order chi connectivity index (χ0) is 20.7. The fraction of sp³-hybridized carbons (Fsp3) is 0.278. The number of nitro benzene ring substituents is 1. The zero-order valence-electron chi connectivity index (χ0n) is 15.3. The molecule has 0 aliphatic carbocycles. The molecule has 0 aliphatic heterocycles. The van der Waals surface area contributed by atoms with Gasteiger partial charge in [0.15, 0.2) is 0 Å². The standard InChI is InChI=1S/C18H20N2O7S/c1-3-26-16-7-9-17(10-8-16)28(24,25)19-12-18(21)27-13(2)14-5-4-6-15(11-14)20(22)23/h4-11,13,19H,3,12H2,1-2H3/t13-/m0/s1. The van der Waals surface area contributed by atoms with Crippen molar-refractivity contribution in [1.29, 1.82) is 0 Å². The van der Waals surface area contributed by atoms with Crippen LogP contribution in [0.1, 0.15) is 25.5 Å². The summed E-state index contributed by atoms with van der Waals surface area (Å²) < 4.78 is 37.0. The predicted molar refractivity (Wildman–Crippen MR) is 100 cm³/mol. The van der Waals surface area contributed by atoms with Crippen LogP contribution in [0.2, 0.25) is 0 Å². The van der Waals surface area contributed by atoms with Gasteiger partial charge in [-0.05, 0) is 43.7 Å². The van der Waals surface area contributed by atoms with Crippen LogP contribution in [0.5, 0.6) is 5.75 Å². The van der Waals surface area contributed by atoms with Crippen LogP contribution in [0.3, 0.4) is 0 Å². The molecule has 150 valence electrons. The van der Waals surface area contributed by atoms with Crippen molar-refractivity contribution in [2.24, 2.45) is 0 Å². The van der Waals surface area contributed by atoms with Gasteiger partial charge in [0.05, 0.1) is 16.4 Å². The average Bonchev–Trinajstić information content (AvgIpc) is 2.67. The molecule has 10 heteroatoms. The number of hydrogen-bond donors (Lipinski definition) is 1. The van der Waals surface area contributed by atoms with Crippen LogP contribution >= 0.6 is 0 Å². The Balaban J connectivity index is 1.95. The van der Waals surface area contributed by atoms with Crippen molar-refractivity contribution in [3.05, 3.63) is 64.2 Å². The quantitative estimate of drug-likeness (QED) is 0.384. The third-order valence-corrected chi connectivity index (χ3v) is 5.13. The van der Waals surface area contributed by atoms with Crippen LogP contribution in [0.25, 0.3) is 0 Å². The van der Waals surface area contributed by atoms with Crippen molar-refractivity contribution >= 4 is 21.7 Å². The Morgan fingerprint density at radius 3 is 2.50 bits per heavy atom. The molecule has 0 bridgehead atoms. The van der Waals surface area contributed by atoms with E-state index in [1.54, 1.807) is 6.07 Å². The van der Waals surface area contributed by atoms with Crippen LogP contribution in [0.15, 0.2) is 53.4 Å². The van der Waals surface area contributed by atoms with Gasteiger partial charge >= 0.3 is 5.97 Å². The van der Waals surface area contributed by atoms with E-state index in [4.69, 9.17) is 9.47 Å². The van der Waals surface area contributed by atoms with Crippen molar-refractivity contribution in [2.45, 2.75) is 24.8 Å². The molecule has 0 saturated carbocycles. The molecular formula is C18H20N2O7S. The van der Waals surface area contributed by atoms with Gasteiger partial charge in [-0.3, -0.25) is 14.9 Å². The van der Waals surface area contributed by atoms with E-state index < -0.39 is 33.6 Å². The summed E-state index contributed by atoms with van der Waals surface area (Å²) in [6, 6.07) is 11.4. The molecular weight excluding hydrogens is 388 g/mol. The molecule has 2 aromatic carbocycles. The maximum atomic E-state index is 12.2. The Bertz CT molecular complexity index is 943. The van der Waals surface area contributed by atoms with Gasteiger partial charge in [-0.25, -0.2) is 8.42 Å². The lowest BCUT2D eigenvalue weighted by atomic mass is 10.1. The Labute approximate surface area is 162 Å². The highest BCUT2D eigenvalue weighted by molar-refractivity contribution is 7.89. The van der Waals surface area contributed by atoms with E-state index in [1.165, 1.54) is 49.4 Å². The molecule has 9 nitrogen and oxygen atoms in total. The molecule has 0 radical (unpaired) electrons. The molecule has 0 fully saturated rings. The topological polar surface area (TPSA) is 125 Å². The number of nitro groups is 1. The number of rotatable bonds is 9. The largest absolute Gasteiger partial charge is 0.494 e. The second-order valence-electron chi connectivity index (χ2n) is 5.71. The summed E-state index contributed by atoms with van der Waals surface area (Å²) in [6.07, 6.45) is -0.776. The maximum absolute atomic E-state index is 12.2. The van der Waals surface area contributed by atoms with E-state index in [0.29, 0.717) is 17.9 Å². The molecule has 28 heavy (non-hydrogen) atoms. The number of non-ortho nitro benzene ring substituents is 1. The van der Waals surface area contributed by atoms with Gasteiger partial charge < -0.3 is 9.47 Å². The maximum Gasteiger partial charge on any atom is 0.321 e. The summed E-state index contributed by atoms with van der Waals surface area (Å²) in [5, 5.41) is 10.8. The second kappa shape index (κ2) is 9.29. The number of carbonyl (C=O) groups excluding carboxylic acids is 1. The number of nitrogens with zero attached hydrogens (tertiary/aromatic N) is 1. The molecule has 0 spiro atoms. The van der Waals surface area contributed by atoms with Crippen LogP contribution in [-0.2, 0) is 19.6 Å². The van der Waals surface area contributed by atoms with E-state index >= 15 is 0 Å². The minimum atomic E-state index is -3.90. The van der Waals surface area contributed by atoms with Gasteiger partial charge in [0.25, 0.3) is 5.69 Å². The highest BCUT2D eigenvalue weighted by atomic mass is 32.2. The molecule has 0 amide bonds. The summed E-state index contributed by atoms with van der Waals surface area (Å²) in [5.74, 6) is -0.278. The van der Waals surface area contributed by atoms with Crippen molar-refractivity contribution in [2.75, 3.05) is 13.2 Å². The van der Waals surface area contributed by atoms with Gasteiger partial charge in [0.1, 0.15) is 18.4 Å². The summed E-state index contributed by atoms with van der Waals surface area (Å²) in [6.45, 7) is 3.23. The molecule has 0 aliphatic rings. The Morgan fingerprint density at radius 1 is 1.21 bits per heavy atom. The predicted octanol–water partition coefficient (Wildman–Crippen LogP) is 2.58. The van der Waals surface area contributed by atoms with Crippen molar-refractivity contribution in [1.82, 2.24) is 4.72 Å². The van der Waals surface area contributed by atoms with Crippen LogP contribution in [0.4, 0.5) is 5.69 Å². The third-order valence-electron chi connectivity index (χ3n) is 3.71. The van der Waals surface area contributed by atoms with Crippen molar-refractivity contribution in [3.63, 3.8) is 0 Å². The SMILES string of the molecule is CCOc1ccc(S(=O)(=O)NCC(=O)O[C@@H](C)c2cccc([N+](=O)[O-])c2)cc1. The molecule has 0 heterocycles. The van der Waals surface area contributed by atoms with Gasteiger partial charge in [0.2, 0.25) is 10.0 Å². The molecule has 1 N–H and O–H groups in total. The summed E-state index contributed by atoms with van der Waals surface area (Å²) in [7, 11) is -3.90. The lowest BCUT2D eigenvalue weighted by Gasteiger charge is -2.14. The molecule has 2 aromatic rings. The number of sulfonamides is 1. The van der Waals surface area contributed by atoms with E-state index in [-0.39, 0.29) is 10.6 Å². The van der Waals surface area contributed by atoms with Crippen molar-refractivity contribution < 1.29 is 27.6 Å². The highest BCUT2D eigenvalue weighted by Gasteiger charge is 2.19.